The Morgan fingerprint density at radius 2 is 1.18 bits per heavy atom. The molecule has 0 unspecified atom stereocenters. The Morgan fingerprint density at radius 1 is 0.765 bits per heavy atom. The van der Waals surface area contributed by atoms with E-state index < -0.39 is 0 Å². The van der Waals surface area contributed by atoms with Crippen molar-refractivity contribution in [2.75, 3.05) is 52.4 Å². The van der Waals surface area contributed by atoms with Gasteiger partial charge in [0.2, 0.25) is 11.8 Å². The molecule has 3 heterocycles. The molecule has 1 saturated heterocycles. The lowest BCUT2D eigenvalue weighted by molar-refractivity contribution is -0.117. The zero-order chi connectivity index (χ0) is 24.2. The Morgan fingerprint density at radius 3 is 1.53 bits per heavy atom. The Labute approximate surface area is 201 Å². The van der Waals surface area contributed by atoms with E-state index in [0.29, 0.717) is 24.6 Å². The van der Waals surface area contributed by atoms with E-state index in [2.05, 4.69) is 20.4 Å². The van der Waals surface area contributed by atoms with E-state index in [9.17, 15) is 9.59 Å². The third-order valence-electron chi connectivity index (χ3n) is 5.69. The summed E-state index contributed by atoms with van der Waals surface area (Å²) in [6.45, 7) is 11.2. The summed E-state index contributed by atoms with van der Waals surface area (Å²) in [4.78, 5) is 28.7. The van der Waals surface area contributed by atoms with Gasteiger partial charge in [0, 0.05) is 51.4 Å². The SMILES string of the molecule is Cc1ccc(/C=C/C(=O)NCCCN2CCN(CCCNC(=O)/C=C/c3ccc(C)o3)CC2)o1. The number of hydrogen-bond donors (Lipinski definition) is 2. The molecule has 1 aliphatic heterocycles. The maximum atomic E-state index is 11.9. The van der Waals surface area contributed by atoms with Crippen LogP contribution in [-0.4, -0.2) is 74.0 Å². The minimum Gasteiger partial charge on any atom is -0.462 e. The van der Waals surface area contributed by atoms with Gasteiger partial charge in [-0.15, -0.1) is 0 Å². The summed E-state index contributed by atoms with van der Waals surface area (Å²) in [6.07, 6.45) is 8.25. The highest BCUT2D eigenvalue weighted by atomic mass is 16.3. The van der Waals surface area contributed by atoms with Gasteiger partial charge in [0.25, 0.3) is 0 Å². The molecule has 0 spiro atoms. The number of carbonyl (C=O) groups is 2. The van der Waals surface area contributed by atoms with Crippen molar-refractivity contribution in [3.8, 4) is 0 Å². The van der Waals surface area contributed by atoms with Crippen molar-refractivity contribution in [1.29, 1.82) is 0 Å². The van der Waals surface area contributed by atoms with Crippen LogP contribution in [0.5, 0.6) is 0 Å². The van der Waals surface area contributed by atoms with Crippen molar-refractivity contribution in [2.45, 2.75) is 26.7 Å². The molecule has 34 heavy (non-hydrogen) atoms. The average molecular weight is 469 g/mol. The third kappa shape index (κ3) is 9.41. The fraction of sp³-hybridized carbons (Fsp3) is 0.462. The summed E-state index contributed by atoms with van der Waals surface area (Å²) in [7, 11) is 0. The summed E-state index contributed by atoms with van der Waals surface area (Å²) >= 11 is 0. The van der Waals surface area contributed by atoms with Crippen molar-refractivity contribution in [3.63, 3.8) is 0 Å². The lowest BCUT2D eigenvalue weighted by Gasteiger charge is -2.34. The zero-order valence-electron chi connectivity index (χ0n) is 20.2. The van der Waals surface area contributed by atoms with Crippen LogP contribution in [0.2, 0.25) is 0 Å². The molecule has 0 bridgehead atoms. The van der Waals surface area contributed by atoms with E-state index in [1.165, 1.54) is 12.2 Å². The highest BCUT2D eigenvalue weighted by Crippen LogP contribution is 2.08. The van der Waals surface area contributed by atoms with Crippen LogP contribution in [-0.2, 0) is 9.59 Å². The summed E-state index contributed by atoms with van der Waals surface area (Å²) in [5.41, 5.74) is 0. The molecular formula is C26H36N4O4. The Hall–Kier alpha value is -3.10. The molecule has 8 nitrogen and oxygen atoms in total. The summed E-state index contributed by atoms with van der Waals surface area (Å²) in [6, 6.07) is 7.44. The molecule has 0 aliphatic carbocycles. The van der Waals surface area contributed by atoms with E-state index in [4.69, 9.17) is 8.83 Å². The smallest absolute Gasteiger partial charge is 0.244 e. The van der Waals surface area contributed by atoms with Gasteiger partial charge in [0.05, 0.1) is 0 Å². The minimum atomic E-state index is -0.0995. The molecular weight excluding hydrogens is 432 g/mol. The van der Waals surface area contributed by atoms with Crippen molar-refractivity contribution in [3.05, 3.63) is 59.5 Å². The van der Waals surface area contributed by atoms with Crippen molar-refractivity contribution in [2.24, 2.45) is 0 Å². The monoisotopic (exact) mass is 468 g/mol. The van der Waals surface area contributed by atoms with Gasteiger partial charge in [-0.3, -0.25) is 9.59 Å². The number of furan rings is 2. The van der Waals surface area contributed by atoms with Gasteiger partial charge in [-0.25, -0.2) is 0 Å². The van der Waals surface area contributed by atoms with E-state index in [1.54, 1.807) is 12.2 Å². The van der Waals surface area contributed by atoms with Gasteiger partial charge in [-0.2, -0.15) is 0 Å². The molecule has 1 fully saturated rings. The van der Waals surface area contributed by atoms with Gasteiger partial charge < -0.3 is 29.3 Å². The maximum Gasteiger partial charge on any atom is 0.244 e. The van der Waals surface area contributed by atoms with Crippen LogP contribution in [0.4, 0.5) is 0 Å². The van der Waals surface area contributed by atoms with Crippen LogP contribution in [0.1, 0.15) is 35.9 Å². The predicted octanol–water partition coefficient (Wildman–Crippen LogP) is 2.85. The topological polar surface area (TPSA) is 91.0 Å². The van der Waals surface area contributed by atoms with Crippen LogP contribution in [0, 0.1) is 13.8 Å². The van der Waals surface area contributed by atoms with Gasteiger partial charge in [0.1, 0.15) is 23.0 Å². The first-order valence-corrected chi connectivity index (χ1v) is 12.0. The molecule has 0 aromatic carbocycles. The fourth-order valence-corrected chi connectivity index (χ4v) is 3.78. The molecule has 0 radical (unpaired) electrons. The lowest BCUT2D eigenvalue weighted by Crippen LogP contribution is -2.47. The first kappa shape index (κ1) is 25.5. The summed E-state index contributed by atoms with van der Waals surface area (Å²) < 4.78 is 10.8. The normalized spacial score (nSPS) is 15.4. The van der Waals surface area contributed by atoms with Crippen LogP contribution < -0.4 is 10.6 Å². The molecule has 8 heteroatoms. The molecule has 0 saturated carbocycles. The first-order valence-electron chi connectivity index (χ1n) is 12.0. The van der Waals surface area contributed by atoms with Gasteiger partial charge in [-0.05, 0) is 76.2 Å². The second-order valence-corrected chi connectivity index (χ2v) is 8.54. The van der Waals surface area contributed by atoms with Gasteiger partial charge >= 0.3 is 0 Å². The molecule has 184 valence electrons. The number of nitrogens with zero attached hydrogens (tertiary/aromatic N) is 2. The van der Waals surface area contributed by atoms with Crippen molar-refractivity contribution < 1.29 is 18.4 Å². The van der Waals surface area contributed by atoms with Crippen LogP contribution in [0.3, 0.4) is 0 Å². The Bertz CT molecular complexity index is 889. The molecule has 1 aliphatic rings. The van der Waals surface area contributed by atoms with E-state index >= 15 is 0 Å². The fourth-order valence-electron chi connectivity index (χ4n) is 3.78. The molecule has 2 amide bonds. The van der Waals surface area contributed by atoms with E-state index in [-0.39, 0.29) is 11.8 Å². The van der Waals surface area contributed by atoms with E-state index in [0.717, 1.165) is 63.6 Å². The van der Waals surface area contributed by atoms with Crippen molar-refractivity contribution >= 4 is 24.0 Å². The van der Waals surface area contributed by atoms with Crippen molar-refractivity contribution in [1.82, 2.24) is 20.4 Å². The molecule has 3 rings (SSSR count). The molecule has 2 aromatic rings. The number of nitrogens with one attached hydrogen (secondary N) is 2. The number of amides is 2. The van der Waals surface area contributed by atoms with Crippen LogP contribution >= 0.6 is 0 Å². The molecule has 2 N–H and O–H groups in total. The number of piperazine rings is 1. The van der Waals surface area contributed by atoms with E-state index in [1.807, 2.05) is 38.1 Å². The Balaban J connectivity index is 1.18. The second-order valence-electron chi connectivity index (χ2n) is 8.54. The van der Waals surface area contributed by atoms with Gasteiger partial charge in [0.15, 0.2) is 0 Å². The minimum absolute atomic E-state index is 0.0995. The quantitative estimate of drug-likeness (QED) is 0.368. The lowest BCUT2D eigenvalue weighted by atomic mass is 10.2. The number of carbonyl (C=O) groups excluding carboxylic acids is 2. The highest BCUT2D eigenvalue weighted by molar-refractivity contribution is 5.91. The maximum absolute atomic E-state index is 11.9. The standard InChI is InChI=1S/C26H36N4O4/c1-21-5-7-23(33-21)9-11-25(31)27-13-3-15-29-17-19-30(20-18-29)16-4-14-28-26(32)12-10-24-8-6-22(2)34-24/h5-12H,3-4,13-20H2,1-2H3,(H,27,31)(H,28,32)/b11-9+,12-10+. The van der Waals surface area contributed by atoms with Crippen LogP contribution in [0.15, 0.2) is 45.3 Å². The number of rotatable bonds is 12. The zero-order valence-corrected chi connectivity index (χ0v) is 20.2. The third-order valence-corrected chi connectivity index (χ3v) is 5.69. The van der Waals surface area contributed by atoms with Gasteiger partial charge in [-0.1, -0.05) is 0 Å². The average Bonchev–Trinajstić information content (AvgIpc) is 3.45. The first-order chi connectivity index (χ1) is 16.5. The molecule has 0 atom stereocenters. The molecule has 2 aromatic heterocycles. The number of aryl methyl sites for hydroxylation is 2. The summed E-state index contributed by atoms with van der Waals surface area (Å²) in [5.74, 6) is 2.83. The van der Waals surface area contributed by atoms with Crippen LogP contribution in [0.25, 0.3) is 12.2 Å². The largest absolute Gasteiger partial charge is 0.462 e. The predicted molar refractivity (Wildman–Crippen MR) is 133 cm³/mol. The second kappa shape index (κ2) is 13.6. The summed E-state index contributed by atoms with van der Waals surface area (Å²) in [5, 5.41) is 5.84. The Kier molecular flexibility index (Phi) is 10.2. The highest BCUT2D eigenvalue weighted by Gasteiger charge is 2.16. The number of hydrogen-bond acceptors (Lipinski definition) is 6.